The largest absolute Gasteiger partial charge is 0.466 e. The zero-order chi connectivity index (χ0) is 12.9. The summed E-state index contributed by atoms with van der Waals surface area (Å²) >= 11 is 0. The third kappa shape index (κ3) is 3.56. The molecule has 1 atom stereocenters. The van der Waals surface area contributed by atoms with Crippen LogP contribution in [0.2, 0.25) is 0 Å². The topological polar surface area (TPSA) is 52.3 Å². The van der Waals surface area contributed by atoms with Crippen LogP contribution in [0.3, 0.4) is 0 Å². The molecule has 0 spiro atoms. The number of aryl methyl sites for hydroxylation is 1. The molecular formula is C14H21NO2. The molecule has 2 N–H and O–H groups in total. The van der Waals surface area contributed by atoms with Gasteiger partial charge in [-0.3, -0.25) is 4.79 Å². The molecule has 0 heterocycles. The number of rotatable bonds is 5. The molecule has 1 aromatic rings. The molecule has 17 heavy (non-hydrogen) atoms. The van der Waals surface area contributed by atoms with Gasteiger partial charge in [0.2, 0.25) is 0 Å². The van der Waals surface area contributed by atoms with E-state index in [1.807, 2.05) is 39.0 Å². The van der Waals surface area contributed by atoms with Crippen LogP contribution in [-0.4, -0.2) is 19.1 Å². The standard InChI is InChI=1S/C14H21NO2/c1-4-17-13(16)14(3,10-15)9-12-7-5-6-11(2)8-12/h5-8H,4,9-10,15H2,1-3H3. The van der Waals surface area contributed by atoms with Crippen LogP contribution in [0, 0.1) is 12.3 Å². The van der Waals surface area contributed by atoms with Gasteiger partial charge in [0.25, 0.3) is 0 Å². The number of carbonyl (C=O) groups excluding carboxylic acids is 1. The molecular weight excluding hydrogens is 214 g/mol. The maximum Gasteiger partial charge on any atom is 0.313 e. The van der Waals surface area contributed by atoms with Gasteiger partial charge in [-0.05, 0) is 32.8 Å². The fourth-order valence-corrected chi connectivity index (χ4v) is 1.81. The Morgan fingerprint density at radius 3 is 2.71 bits per heavy atom. The second kappa shape index (κ2) is 5.82. The van der Waals surface area contributed by atoms with Gasteiger partial charge in [0.05, 0.1) is 12.0 Å². The van der Waals surface area contributed by atoms with E-state index in [2.05, 4.69) is 6.07 Å². The van der Waals surface area contributed by atoms with Crippen LogP contribution in [-0.2, 0) is 16.0 Å². The van der Waals surface area contributed by atoms with Gasteiger partial charge in [0, 0.05) is 6.54 Å². The van der Waals surface area contributed by atoms with Crippen LogP contribution in [0.5, 0.6) is 0 Å². The number of esters is 1. The lowest BCUT2D eigenvalue weighted by molar-refractivity contribution is -0.153. The van der Waals surface area contributed by atoms with Crippen molar-refractivity contribution >= 4 is 5.97 Å². The third-order valence-electron chi connectivity index (χ3n) is 2.90. The summed E-state index contributed by atoms with van der Waals surface area (Å²) in [6.45, 7) is 6.38. The Bertz CT molecular complexity index is 390. The van der Waals surface area contributed by atoms with E-state index in [0.29, 0.717) is 19.6 Å². The fourth-order valence-electron chi connectivity index (χ4n) is 1.81. The first-order valence-corrected chi connectivity index (χ1v) is 5.94. The molecule has 0 aromatic heterocycles. The van der Waals surface area contributed by atoms with Gasteiger partial charge >= 0.3 is 5.97 Å². The van der Waals surface area contributed by atoms with Gasteiger partial charge in [-0.2, -0.15) is 0 Å². The Morgan fingerprint density at radius 2 is 2.18 bits per heavy atom. The van der Waals surface area contributed by atoms with Crippen LogP contribution in [0.25, 0.3) is 0 Å². The van der Waals surface area contributed by atoms with Crippen molar-refractivity contribution in [3.05, 3.63) is 35.4 Å². The Morgan fingerprint density at radius 1 is 1.47 bits per heavy atom. The smallest absolute Gasteiger partial charge is 0.313 e. The van der Waals surface area contributed by atoms with Gasteiger partial charge in [0.15, 0.2) is 0 Å². The minimum Gasteiger partial charge on any atom is -0.466 e. The summed E-state index contributed by atoms with van der Waals surface area (Å²) in [6, 6.07) is 8.12. The average molecular weight is 235 g/mol. The van der Waals surface area contributed by atoms with Gasteiger partial charge in [-0.1, -0.05) is 29.8 Å². The van der Waals surface area contributed by atoms with E-state index < -0.39 is 5.41 Å². The van der Waals surface area contributed by atoms with Crippen molar-refractivity contribution in [2.45, 2.75) is 27.2 Å². The van der Waals surface area contributed by atoms with Crippen molar-refractivity contribution in [3.63, 3.8) is 0 Å². The average Bonchev–Trinajstić information content (AvgIpc) is 2.29. The SMILES string of the molecule is CCOC(=O)C(C)(CN)Cc1cccc(C)c1. The fraction of sp³-hybridized carbons (Fsp3) is 0.500. The lowest BCUT2D eigenvalue weighted by Crippen LogP contribution is -2.39. The molecule has 0 saturated heterocycles. The number of benzene rings is 1. The molecule has 1 aromatic carbocycles. The second-order valence-electron chi connectivity index (χ2n) is 4.65. The van der Waals surface area contributed by atoms with E-state index in [-0.39, 0.29) is 5.97 Å². The Labute approximate surface area is 103 Å². The van der Waals surface area contributed by atoms with Gasteiger partial charge < -0.3 is 10.5 Å². The van der Waals surface area contributed by atoms with Crippen molar-refractivity contribution < 1.29 is 9.53 Å². The Hall–Kier alpha value is -1.35. The van der Waals surface area contributed by atoms with Crippen LogP contribution in [0.1, 0.15) is 25.0 Å². The van der Waals surface area contributed by atoms with Crippen LogP contribution in [0.15, 0.2) is 24.3 Å². The number of hydrogen-bond donors (Lipinski definition) is 1. The first kappa shape index (κ1) is 13.7. The van der Waals surface area contributed by atoms with Crippen LogP contribution >= 0.6 is 0 Å². The molecule has 3 heteroatoms. The van der Waals surface area contributed by atoms with Crippen molar-refractivity contribution in [1.82, 2.24) is 0 Å². The number of carbonyl (C=O) groups is 1. The maximum absolute atomic E-state index is 11.9. The number of nitrogens with two attached hydrogens (primary N) is 1. The van der Waals surface area contributed by atoms with Crippen molar-refractivity contribution in [2.24, 2.45) is 11.1 Å². The molecule has 94 valence electrons. The van der Waals surface area contributed by atoms with E-state index in [1.54, 1.807) is 0 Å². The zero-order valence-electron chi connectivity index (χ0n) is 10.8. The minimum atomic E-state index is -0.635. The van der Waals surface area contributed by atoms with E-state index in [1.165, 1.54) is 5.56 Å². The molecule has 0 amide bonds. The normalized spacial score (nSPS) is 14.1. The zero-order valence-corrected chi connectivity index (χ0v) is 10.8. The molecule has 0 saturated carbocycles. The molecule has 1 unspecified atom stereocenters. The molecule has 1 rings (SSSR count). The molecule has 0 aliphatic rings. The van der Waals surface area contributed by atoms with Crippen molar-refractivity contribution in [2.75, 3.05) is 13.2 Å². The van der Waals surface area contributed by atoms with Gasteiger partial charge in [-0.15, -0.1) is 0 Å². The lowest BCUT2D eigenvalue weighted by atomic mass is 9.83. The van der Waals surface area contributed by atoms with Crippen molar-refractivity contribution in [3.8, 4) is 0 Å². The second-order valence-corrected chi connectivity index (χ2v) is 4.65. The molecule has 3 nitrogen and oxygen atoms in total. The first-order valence-electron chi connectivity index (χ1n) is 5.94. The van der Waals surface area contributed by atoms with Crippen molar-refractivity contribution in [1.29, 1.82) is 0 Å². The van der Waals surface area contributed by atoms with Gasteiger partial charge in [-0.25, -0.2) is 0 Å². The summed E-state index contributed by atoms with van der Waals surface area (Å²) in [5.74, 6) is -0.219. The van der Waals surface area contributed by atoms with Crippen LogP contribution in [0.4, 0.5) is 0 Å². The lowest BCUT2D eigenvalue weighted by Gasteiger charge is -2.25. The maximum atomic E-state index is 11.9. The summed E-state index contributed by atoms with van der Waals surface area (Å²) in [5, 5.41) is 0. The minimum absolute atomic E-state index is 0.219. The van der Waals surface area contributed by atoms with E-state index in [0.717, 1.165) is 5.56 Å². The van der Waals surface area contributed by atoms with E-state index >= 15 is 0 Å². The summed E-state index contributed by atoms with van der Waals surface area (Å²) in [5.41, 5.74) is 7.39. The summed E-state index contributed by atoms with van der Waals surface area (Å²) in [7, 11) is 0. The highest BCUT2D eigenvalue weighted by molar-refractivity contribution is 5.77. The predicted molar refractivity (Wildman–Crippen MR) is 68.7 cm³/mol. The molecule has 0 aliphatic heterocycles. The Balaban J connectivity index is 2.85. The first-order chi connectivity index (χ1) is 8.01. The number of ether oxygens (including phenoxy) is 1. The Kier molecular flexibility index (Phi) is 4.70. The number of hydrogen-bond acceptors (Lipinski definition) is 3. The van der Waals surface area contributed by atoms with Crippen LogP contribution < -0.4 is 5.73 Å². The predicted octanol–water partition coefficient (Wildman–Crippen LogP) is 2.07. The molecule has 0 radical (unpaired) electrons. The van der Waals surface area contributed by atoms with E-state index in [4.69, 9.17) is 10.5 Å². The highest BCUT2D eigenvalue weighted by atomic mass is 16.5. The quantitative estimate of drug-likeness (QED) is 0.795. The summed E-state index contributed by atoms with van der Waals surface area (Å²) in [6.07, 6.45) is 0.615. The highest BCUT2D eigenvalue weighted by Gasteiger charge is 2.33. The third-order valence-corrected chi connectivity index (χ3v) is 2.90. The summed E-state index contributed by atoms with van der Waals surface area (Å²) in [4.78, 5) is 11.9. The highest BCUT2D eigenvalue weighted by Crippen LogP contribution is 2.23. The van der Waals surface area contributed by atoms with E-state index in [9.17, 15) is 4.79 Å². The monoisotopic (exact) mass is 235 g/mol. The molecule has 0 fully saturated rings. The summed E-state index contributed by atoms with van der Waals surface area (Å²) < 4.78 is 5.08. The van der Waals surface area contributed by atoms with Gasteiger partial charge in [0.1, 0.15) is 0 Å². The molecule has 0 aliphatic carbocycles. The molecule has 0 bridgehead atoms.